The van der Waals surface area contributed by atoms with Crippen molar-refractivity contribution in [1.29, 1.82) is 0 Å². The van der Waals surface area contributed by atoms with Gasteiger partial charge in [0.05, 0.1) is 0 Å². The monoisotopic (exact) mass is 295 g/mol. The molecule has 0 bridgehead atoms. The molecule has 5 heteroatoms. The molecule has 0 spiro atoms. The second kappa shape index (κ2) is 5.14. The van der Waals surface area contributed by atoms with Crippen LogP contribution in [0.2, 0.25) is 0 Å². The predicted octanol–water partition coefficient (Wildman–Crippen LogP) is 1.59. The molecule has 0 N–H and O–H groups in total. The Morgan fingerprint density at radius 1 is 1.77 bits per heavy atom. The van der Waals surface area contributed by atoms with Gasteiger partial charge in [0.2, 0.25) is 6.08 Å². The molecule has 0 saturated carbocycles. The Labute approximate surface area is 90.2 Å². The molecule has 0 aromatic rings. The van der Waals surface area contributed by atoms with E-state index in [0.29, 0.717) is 0 Å². The summed E-state index contributed by atoms with van der Waals surface area (Å²) in [6.07, 6.45) is 2.48. The van der Waals surface area contributed by atoms with Gasteiger partial charge in [-0.05, 0) is 13.8 Å². The third-order valence-electron chi connectivity index (χ3n) is 1.27. The minimum Gasteiger partial charge on any atom is -0.453 e. The third-order valence-corrected chi connectivity index (χ3v) is 3.05. The second-order valence-electron chi connectivity index (χ2n) is 2.78. The van der Waals surface area contributed by atoms with Gasteiger partial charge in [0.25, 0.3) is 0 Å². The van der Waals surface area contributed by atoms with Gasteiger partial charge in [-0.1, -0.05) is 29.2 Å². The van der Waals surface area contributed by atoms with Crippen LogP contribution in [0.15, 0.2) is 17.6 Å². The van der Waals surface area contributed by atoms with Crippen LogP contribution in [0, 0.1) is 0 Å². The zero-order valence-electron chi connectivity index (χ0n) is 7.41. The zero-order valence-corrected chi connectivity index (χ0v) is 9.57. The van der Waals surface area contributed by atoms with Gasteiger partial charge in [0.15, 0.2) is 4.05 Å². The number of isocyanates is 1. The summed E-state index contributed by atoms with van der Waals surface area (Å²) in [7, 11) is 0. The number of aliphatic imine (C=N–C) groups is 1. The number of hydrogen-bond donors (Lipinski definition) is 0. The van der Waals surface area contributed by atoms with Crippen LogP contribution in [0.4, 0.5) is 0 Å². The Morgan fingerprint density at radius 3 is 2.69 bits per heavy atom. The van der Waals surface area contributed by atoms with Crippen LogP contribution in [-0.2, 0) is 14.3 Å². The van der Waals surface area contributed by atoms with E-state index in [0.717, 1.165) is 6.08 Å². The van der Waals surface area contributed by atoms with Crippen molar-refractivity contribution in [3.63, 3.8) is 0 Å². The van der Waals surface area contributed by atoms with Gasteiger partial charge in [-0.3, -0.25) is 0 Å². The van der Waals surface area contributed by atoms with Crippen molar-refractivity contribution >= 4 is 34.6 Å². The number of carbonyl (C=O) groups excluding carboxylic acids is 2. The Morgan fingerprint density at radius 2 is 2.31 bits per heavy atom. The van der Waals surface area contributed by atoms with Gasteiger partial charge < -0.3 is 4.74 Å². The van der Waals surface area contributed by atoms with Crippen LogP contribution in [-0.4, -0.2) is 21.7 Å². The highest BCUT2D eigenvalue weighted by Gasteiger charge is 2.30. The van der Waals surface area contributed by atoms with E-state index in [-0.39, 0.29) is 0 Å². The molecule has 1 atom stereocenters. The molecule has 0 aromatic heterocycles. The standard InChI is InChI=1S/C8H10INO3/c1-4-6(12)13-8(2,3)7(9)10-5-11/h4,7H,1H2,2-3H3. The van der Waals surface area contributed by atoms with E-state index in [9.17, 15) is 9.59 Å². The molecule has 4 nitrogen and oxygen atoms in total. The molecule has 0 aliphatic heterocycles. The fourth-order valence-corrected chi connectivity index (χ4v) is 0.792. The minimum atomic E-state index is -0.830. The number of rotatable bonds is 4. The van der Waals surface area contributed by atoms with Crippen LogP contribution in [0.3, 0.4) is 0 Å². The first-order valence-electron chi connectivity index (χ1n) is 3.50. The maximum atomic E-state index is 10.9. The SMILES string of the molecule is C=CC(=O)OC(C)(C)C(I)N=C=O. The number of alkyl halides is 1. The van der Waals surface area contributed by atoms with Crippen molar-refractivity contribution in [2.24, 2.45) is 4.99 Å². The molecule has 0 radical (unpaired) electrons. The molecule has 0 aromatic carbocycles. The number of carbonyl (C=O) groups is 1. The minimum absolute atomic E-state index is 0.452. The summed E-state index contributed by atoms with van der Waals surface area (Å²) >= 11 is 1.89. The van der Waals surface area contributed by atoms with Gasteiger partial charge >= 0.3 is 5.97 Å². The molecule has 0 rings (SSSR count). The lowest BCUT2D eigenvalue weighted by Crippen LogP contribution is -2.35. The Kier molecular flexibility index (Phi) is 4.87. The van der Waals surface area contributed by atoms with Crippen LogP contribution in [0.1, 0.15) is 13.8 Å². The third kappa shape index (κ3) is 4.19. The summed E-state index contributed by atoms with van der Waals surface area (Å²) in [4.78, 5) is 24.3. The van der Waals surface area contributed by atoms with E-state index in [1.165, 1.54) is 6.08 Å². The van der Waals surface area contributed by atoms with E-state index in [1.807, 2.05) is 22.6 Å². The molecule has 1 unspecified atom stereocenters. The highest BCUT2D eigenvalue weighted by molar-refractivity contribution is 14.1. The fraction of sp³-hybridized carbons (Fsp3) is 0.500. The Hall–Kier alpha value is -0.680. The van der Waals surface area contributed by atoms with Gasteiger partial charge in [0.1, 0.15) is 5.60 Å². The summed E-state index contributed by atoms with van der Waals surface area (Å²) in [5.41, 5.74) is -0.830. The number of esters is 1. The first kappa shape index (κ1) is 12.3. The van der Waals surface area contributed by atoms with Gasteiger partial charge in [-0.25, -0.2) is 9.59 Å². The van der Waals surface area contributed by atoms with Crippen molar-refractivity contribution < 1.29 is 14.3 Å². The molecule has 0 heterocycles. The molecule has 0 fully saturated rings. The summed E-state index contributed by atoms with van der Waals surface area (Å²) < 4.78 is 4.51. The van der Waals surface area contributed by atoms with E-state index < -0.39 is 15.6 Å². The lowest BCUT2D eigenvalue weighted by molar-refractivity contribution is -0.149. The predicted molar refractivity (Wildman–Crippen MR) is 56.3 cm³/mol. The molecular formula is C8H10INO3. The van der Waals surface area contributed by atoms with Crippen LogP contribution in [0.25, 0.3) is 0 Å². The zero-order chi connectivity index (χ0) is 10.5. The van der Waals surface area contributed by atoms with E-state index >= 15 is 0 Å². The normalized spacial score (nSPS) is 12.5. The number of ether oxygens (including phenoxy) is 1. The van der Waals surface area contributed by atoms with Crippen molar-refractivity contribution in [2.75, 3.05) is 0 Å². The molecule has 0 aliphatic rings. The summed E-state index contributed by atoms with van der Waals surface area (Å²) in [5.74, 6) is -0.534. The Bertz CT molecular complexity index is 256. The van der Waals surface area contributed by atoms with Gasteiger partial charge in [-0.15, -0.1) is 0 Å². The number of nitrogens with zero attached hydrogens (tertiary/aromatic N) is 1. The largest absolute Gasteiger partial charge is 0.453 e. The molecule has 72 valence electrons. The first-order chi connectivity index (χ1) is 5.94. The molecular weight excluding hydrogens is 285 g/mol. The lowest BCUT2D eigenvalue weighted by atomic mass is 10.1. The quantitative estimate of drug-likeness (QED) is 0.150. The highest BCUT2D eigenvalue weighted by atomic mass is 127. The van der Waals surface area contributed by atoms with Crippen LogP contribution >= 0.6 is 22.6 Å². The topological polar surface area (TPSA) is 55.7 Å². The van der Waals surface area contributed by atoms with E-state index in [2.05, 4.69) is 11.6 Å². The second-order valence-corrected chi connectivity index (χ2v) is 3.96. The van der Waals surface area contributed by atoms with Crippen LogP contribution < -0.4 is 0 Å². The maximum Gasteiger partial charge on any atom is 0.330 e. The van der Waals surface area contributed by atoms with Gasteiger partial charge in [-0.2, -0.15) is 4.99 Å². The highest BCUT2D eigenvalue weighted by Crippen LogP contribution is 2.23. The molecule has 0 amide bonds. The molecule has 13 heavy (non-hydrogen) atoms. The van der Waals surface area contributed by atoms with Crippen molar-refractivity contribution in [3.8, 4) is 0 Å². The summed E-state index contributed by atoms with van der Waals surface area (Å²) in [6.45, 7) is 6.58. The van der Waals surface area contributed by atoms with E-state index in [4.69, 9.17) is 4.74 Å². The fourth-order valence-electron chi connectivity index (χ4n) is 0.551. The molecule has 0 aliphatic carbocycles. The Balaban J connectivity index is 4.45. The average Bonchev–Trinajstić information content (AvgIpc) is 2.04. The average molecular weight is 295 g/mol. The first-order valence-corrected chi connectivity index (χ1v) is 4.75. The smallest absolute Gasteiger partial charge is 0.330 e. The van der Waals surface area contributed by atoms with Crippen molar-refractivity contribution in [2.45, 2.75) is 23.5 Å². The summed E-state index contributed by atoms with van der Waals surface area (Å²) in [6, 6.07) is 0. The lowest BCUT2D eigenvalue weighted by Gasteiger charge is -2.25. The number of hydrogen-bond acceptors (Lipinski definition) is 4. The van der Waals surface area contributed by atoms with Crippen LogP contribution in [0.5, 0.6) is 0 Å². The van der Waals surface area contributed by atoms with Crippen molar-refractivity contribution in [1.82, 2.24) is 0 Å². The summed E-state index contributed by atoms with van der Waals surface area (Å²) in [5, 5.41) is 0. The van der Waals surface area contributed by atoms with E-state index in [1.54, 1.807) is 13.8 Å². The number of halogens is 1. The van der Waals surface area contributed by atoms with Gasteiger partial charge in [0, 0.05) is 6.08 Å². The van der Waals surface area contributed by atoms with Crippen molar-refractivity contribution in [3.05, 3.63) is 12.7 Å². The maximum absolute atomic E-state index is 10.9. The molecule has 0 saturated heterocycles.